The van der Waals surface area contributed by atoms with Gasteiger partial charge in [-0.15, -0.1) is 0 Å². The minimum Gasteiger partial charge on any atom is -0.493 e. The van der Waals surface area contributed by atoms with Crippen molar-refractivity contribution in [2.24, 2.45) is 0 Å². The number of ether oxygens (including phenoxy) is 3. The minimum absolute atomic E-state index is 0.143. The summed E-state index contributed by atoms with van der Waals surface area (Å²) in [5.74, 6) is 0.593. The van der Waals surface area contributed by atoms with Crippen LogP contribution in [0.5, 0.6) is 17.2 Å². The van der Waals surface area contributed by atoms with Gasteiger partial charge in [-0.25, -0.2) is 4.39 Å². The van der Waals surface area contributed by atoms with Crippen LogP contribution in [0.25, 0.3) is 0 Å². The van der Waals surface area contributed by atoms with Crippen LogP contribution in [0.4, 0.5) is 4.39 Å². The van der Waals surface area contributed by atoms with Crippen molar-refractivity contribution in [2.45, 2.75) is 19.4 Å². The van der Waals surface area contributed by atoms with Crippen LogP contribution in [0.1, 0.15) is 22.8 Å². The molecular formula is C19H22FNO4. The SMILES string of the molecule is COc1ccc(C(=O)NC(C)Cc2ccc(F)cc2)c(OC)c1OC. The van der Waals surface area contributed by atoms with Gasteiger partial charge in [0.1, 0.15) is 5.82 Å². The lowest BCUT2D eigenvalue weighted by atomic mass is 10.1. The normalized spacial score (nSPS) is 11.6. The molecule has 0 spiro atoms. The van der Waals surface area contributed by atoms with E-state index in [1.54, 1.807) is 24.3 Å². The Bertz CT molecular complexity index is 731. The second-order valence-corrected chi connectivity index (χ2v) is 5.59. The van der Waals surface area contributed by atoms with Gasteiger partial charge in [0.15, 0.2) is 11.5 Å². The van der Waals surface area contributed by atoms with Crippen molar-refractivity contribution in [1.82, 2.24) is 5.32 Å². The van der Waals surface area contributed by atoms with Crippen molar-refractivity contribution in [1.29, 1.82) is 0 Å². The van der Waals surface area contributed by atoms with Gasteiger partial charge in [-0.05, 0) is 43.2 Å². The smallest absolute Gasteiger partial charge is 0.255 e. The zero-order valence-electron chi connectivity index (χ0n) is 14.8. The first-order chi connectivity index (χ1) is 12.0. The number of halogens is 1. The molecule has 0 fully saturated rings. The van der Waals surface area contributed by atoms with Crippen LogP contribution in [0.2, 0.25) is 0 Å². The Balaban J connectivity index is 2.15. The van der Waals surface area contributed by atoms with Crippen molar-refractivity contribution < 1.29 is 23.4 Å². The van der Waals surface area contributed by atoms with Gasteiger partial charge in [0, 0.05) is 6.04 Å². The largest absolute Gasteiger partial charge is 0.493 e. The maximum absolute atomic E-state index is 13.0. The first kappa shape index (κ1) is 18.6. The Morgan fingerprint density at radius 1 is 1.00 bits per heavy atom. The third kappa shape index (κ3) is 4.41. The molecule has 1 amide bonds. The standard InChI is InChI=1S/C19H22FNO4/c1-12(11-13-5-7-14(20)8-6-13)21-19(22)15-9-10-16(23-2)18(25-4)17(15)24-3/h5-10,12H,11H2,1-4H3,(H,21,22). The van der Waals surface area contributed by atoms with Crippen LogP contribution in [0, 0.1) is 5.82 Å². The lowest BCUT2D eigenvalue weighted by Crippen LogP contribution is -2.34. The molecule has 0 aliphatic carbocycles. The molecule has 2 aromatic carbocycles. The molecule has 0 aliphatic heterocycles. The van der Waals surface area contributed by atoms with Gasteiger partial charge in [-0.1, -0.05) is 12.1 Å². The quantitative estimate of drug-likeness (QED) is 0.836. The predicted molar refractivity (Wildman–Crippen MR) is 93.1 cm³/mol. The molecule has 1 atom stereocenters. The van der Waals surface area contributed by atoms with Gasteiger partial charge in [0.2, 0.25) is 5.75 Å². The van der Waals surface area contributed by atoms with E-state index in [0.29, 0.717) is 29.2 Å². The lowest BCUT2D eigenvalue weighted by molar-refractivity contribution is 0.0936. The summed E-state index contributed by atoms with van der Waals surface area (Å²) in [5, 5.41) is 2.91. The van der Waals surface area contributed by atoms with Gasteiger partial charge < -0.3 is 19.5 Å². The zero-order chi connectivity index (χ0) is 18.4. The average molecular weight is 347 g/mol. The average Bonchev–Trinajstić information content (AvgIpc) is 2.61. The van der Waals surface area contributed by atoms with E-state index in [4.69, 9.17) is 14.2 Å². The van der Waals surface area contributed by atoms with E-state index in [2.05, 4.69) is 5.32 Å². The van der Waals surface area contributed by atoms with Crippen LogP contribution in [0.3, 0.4) is 0 Å². The van der Waals surface area contributed by atoms with Crippen LogP contribution < -0.4 is 19.5 Å². The zero-order valence-corrected chi connectivity index (χ0v) is 14.8. The fraction of sp³-hybridized carbons (Fsp3) is 0.316. The Labute approximate surface area is 146 Å². The molecule has 134 valence electrons. The number of benzene rings is 2. The molecule has 0 aliphatic rings. The Kier molecular flexibility index (Phi) is 6.22. The molecule has 5 nitrogen and oxygen atoms in total. The van der Waals surface area contributed by atoms with E-state index in [0.717, 1.165) is 5.56 Å². The number of amides is 1. The predicted octanol–water partition coefficient (Wildman–Crippen LogP) is 3.21. The van der Waals surface area contributed by atoms with Crippen molar-refractivity contribution >= 4 is 5.91 Å². The highest BCUT2D eigenvalue weighted by Crippen LogP contribution is 2.39. The maximum atomic E-state index is 13.0. The number of nitrogens with one attached hydrogen (secondary N) is 1. The number of hydrogen-bond donors (Lipinski definition) is 1. The summed E-state index contributed by atoms with van der Waals surface area (Å²) in [6.45, 7) is 1.88. The molecule has 0 saturated heterocycles. The van der Waals surface area contributed by atoms with E-state index >= 15 is 0 Å². The number of carbonyl (C=O) groups is 1. The summed E-state index contributed by atoms with van der Waals surface area (Å²) in [7, 11) is 4.47. The van der Waals surface area contributed by atoms with Crippen molar-refractivity contribution in [3.63, 3.8) is 0 Å². The Morgan fingerprint density at radius 3 is 2.20 bits per heavy atom. The highest BCUT2D eigenvalue weighted by molar-refractivity contribution is 5.98. The third-order valence-electron chi connectivity index (χ3n) is 3.78. The number of methoxy groups -OCH3 is 3. The molecule has 1 N–H and O–H groups in total. The van der Waals surface area contributed by atoms with Crippen LogP contribution in [0.15, 0.2) is 36.4 Å². The van der Waals surface area contributed by atoms with E-state index in [-0.39, 0.29) is 17.8 Å². The fourth-order valence-electron chi connectivity index (χ4n) is 2.61. The van der Waals surface area contributed by atoms with Crippen molar-refractivity contribution in [2.75, 3.05) is 21.3 Å². The van der Waals surface area contributed by atoms with E-state index in [1.165, 1.54) is 33.5 Å². The topological polar surface area (TPSA) is 56.8 Å². The third-order valence-corrected chi connectivity index (χ3v) is 3.78. The van der Waals surface area contributed by atoms with Gasteiger partial charge in [0.05, 0.1) is 26.9 Å². The highest BCUT2D eigenvalue weighted by Gasteiger charge is 2.21. The van der Waals surface area contributed by atoms with E-state index in [1.807, 2.05) is 6.92 Å². The molecule has 25 heavy (non-hydrogen) atoms. The second kappa shape index (κ2) is 8.37. The Morgan fingerprint density at radius 2 is 1.64 bits per heavy atom. The van der Waals surface area contributed by atoms with Crippen LogP contribution in [-0.2, 0) is 6.42 Å². The Hall–Kier alpha value is -2.76. The van der Waals surface area contributed by atoms with Gasteiger partial charge in [-0.3, -0.25) is 4.79 Å². The monoisotopic (exact) mass is 347 g/mol. The summed E-state index contributed by atoms with van der Waals surface area (Å²) < 4.78 is 28.8. The van der Waals surface area contributed by atoms with E-state index < -0.39 is 0 Å². The van der Waals surface area contributed by atoms with Crippen LogP contribution >= 0.6 is 0 Å². The van der Waals surface area contributed by atoms with E-state index in [9.17, 15) is 9.18 Å². The highest BCUT2D eigenvalue weighted by atomic mass is 19.1. The first-order valence-corrected chi connectivity index (χ1v) is 7.84. The summed E-state index contributed by atoms with van der Waals surface area (Å²) in [4.78, 5) is 12.6. The number of hydrogen-bond acceptors (Lipinski definition) is 4. The molecule has 0 heterocycles. The lowest BCUT2D eigenvalue weighted by Gasteiger charge is -2.18. The molecule has 2 rings (SSSR count). The maximum Gasteiger partial charge on any atom is 0.255 e. The molecule has 0 bridgehead atoms. The molecule has 2 aromatic rings. The first-order valence-electron chi connectivity index (χ1n) is 7.84. The summed E-state index contributed by atoms with van der Waals surface area (Å²) >= 11 is 0. The van der Waals surface area contributed by atoms with Crippen molar-refractivity contribution in [3.8, 4) is 17.2 Å². The summed E-state index contributed by atoms with van der Waals surface area (Å²) in [6.07, 6.45) is 0.585. The van der Waals surface area contributed by atoms with Gasteiger partial charge >= 0.3 is 0 Å². The molecule has 0 aromatic heterocycles. The number of rotatable bonds is 7. The van der Waals surface area contributed by atoms with Gasteiger partial charge in [-0.2, -0.15) is 0 Å². The van der Waals surface area contributed by atoms with Gasteiger partial charge in [0.25, 0.3) is 5.91 Å². The van der Waals surface area contributed by atoms with Crippen LogP contribution in [-0.4, -0.2) is 33.3 Å². The molecule has 0 saturated carbocycles. The second-order valence-electron chi connectivity index (χ2n) is 5.59. The minimum atomic E-state index is -0.285. The molecule has 0 radical (unpaired) electrons. The van der Waals surface area contributed by atoms with Crippen molar-refractivity contribution in [3.05, 3.63) is 53.3 Å². The molecule has 1 unspecified atom stereocenters. The molecule has 6 heteroatoms. The molecular weight excluding hydrogens is 325 g/mol. The number of carbonyl (C=O) groups excluding carboxylic acids is 1. The fourth-order valence-corrected chi connectivity index (χ4v) is 2.61. The summed E-state index contributed by atoms with van der Waals surface area (Å²) in [6, 6.07) is 9.35. The summed E-state index contributed by atoms with van der Waals surface area (Å²) in [5.41, 5.74) is 1.29.